The minimum Gasteiger partial charge on any atom is -0.506 e. The van der Waals surface area contributed by atoms with E-state index in [0.29, 0.717) is 24.4 Å². The Morgan fingerprint density at radius 2 is 2.12 bits per heavy atom. The first-order valence-electron chi connectivity index (χ1n) is 8.15. The van der Waals surface area contributed by atoms with Crippen LogP contribution in [0.15, 0.2) is 42.5 Å². The average molecular weight is 340 g/mol. The molecule has 130 valence electrons. The van der Waals surface area contributed by atoms with Crippen molar-refractivity contribution >= 4 is 23.2 Å². The van der Waals surface area contributed by atoms with Gasteiger partial charge in [0.05, 0.1) is 5.69 Å². The van der Waals surface area contributed by atoms with Crippen LogP contribution in [0.4, 0.5) is 11.4 Å². The minimum atomic E-state index is -0.373. The van der Waals surface area contributed by atoms with Gasteiger partial charge in [-0.15, -0.1) is 0 Å². The van der Waals surface area contributed by atoms with Crippen LogP contribution in [0.3, 0.4) is 0 Å². The maximum Gasteiger partial charge on any atom is 0.262 e. The zero-order valence-electron chi connectivity index (χ0n) is 14.0. The number of hydrogen-bond acceptors (Lipinski definition) is 4. The van der Waals surface area contributed by atoms with Gasteiger partial charge in [0.15, 0.2) is 6.61 Å². The lowest BCUT2D eigenvalue weighted by atomic mass is 10.2. The topological polar surface area (TPSA) is 78.9 Å². The largest absolute Gasteiger partial charge is 0.506 e. The average Bonchev–Trinajstić information content (AvgIpc) is 3.02. The molecule has 2 aromatic rings. The van der Waals surface area contributed by atoms with Crippen molar-refractivity contribution in [2.24, 2.45) is 0 Å². The summed E-state index contributed by atoms with van der Waals surface area (Å²) >= 11 is 0. The second-order valence-electron chi connectivity index (χ2n) is 6.00. The van der Waals surface area contributed by atoms with Gasteiger partial charge >= 0.3 is 0 Å². The van der Waals surface area contributed by atoms with Crippen LogP contribution in [0.25, 0.3) is 0 Å². The van der Waals surface area contributed by atoms with Crippen LogP contribution >= 0.6 is 0 Å². The number of anilines is 2. The van der Waals surface area contributed by atoms with Gasteiger partial charge in [-0.1, -0.05) is 12.1 Å². The molecule has 1 saturated heterocycles. The lowest BCUT2D eigenvalue weighted by Gasteiger charge is -2.16. The van der Waals surface area contributed by atoms with E-state index < -0.39 is 0 Å². The van der Waals surface area contributed by atoms with Crippen LogP contribution < -0.4 is 15.0 Å². The SMILES string of the molecule is Cc1ccc(NC(=O)COc2cccc(N3CCCC3=O)c2)c(O)c1. The summed E-state index contributed by atoms with van der Waals surface area (Å²) in [6, 6.07) is 12.1. The van der Waals surface area contributed by atoms with Crippen molar-refractivity contribution < 1.29 is 19.4 Å². The summed E-state index contributed by atoms with van der Waals surface area (Å²) in [4.78, 5) is 25.5. The zero-order valence-corrected chi connectivity index (χ0v) is 14.0. The highest BCUT2D eigenvalue weighted by molar-refractivity contribution is 5.95. The molecule has 25 heavy (non-hydrogen) atoms. The van der Waals surface area contributed by atoms with Crippen LogP contribution in [0.5, 0.6) is 11.5 Å². The van der Waals surface area contributed by atoms with Crippen molar-refractivity contribution in [2.75, 3.05) is 23.4 Å². The van der Waals surface area contributed by atoms with Crippen molar-refractivity contribution in [3.8, 4) is 11.5 Å². The third kappa shape index (κ3) is 4.09. The lowest BCUT2D eigenvalue weighted by molar-refractivity contribution is -0.118. The lowest BCUT2D eigenvalue weighted by Crippen LogP contribution is -2.24. The normalized spacial score (nSPS) is 13.8. The minimum absolute atomic E-state index is 0.0166. The number of amides is 2. The van der Waals surface area contributed by atoms with Gasteiger partial charge in [0.1, 0.15) is 11.5 Å². The number of carbonyl (C=O) groups is 2. The van der Waals surface area contributed by atoms with Crippen molar-refractivity contribution in [2.45, 2.75) is 19.8 Å². The molecule has 0 aromatic heterocycles. The molecule has 0 unspecified atom stereocenters. The predicted octanol–water partition coefficient (Wildman–Crippen LogP) is 2.84. The number of carbonyl (C=O) groups excluding carboxylic acids is 2. The van der Waals surface area contributed by atoms with Gasteiger partial charge in [0.2, 0.25) is 5.91 Å². The van der Waals surface area contributed by atoms with Gasteiger partial charge in [0, 0.05) is 24.7 Å². The number of nitrogens with zero attached hydrogens (tertiary/aromatic N) is 1. The Hall–Kier alpha value is -3.02. The summed E-state index contributed by atoms with van der Waals surface area (Å²) in [6.07, 6.45) is 1.42. The molecular formula is C19H20N2O4. The smallest absolute Gasteiger partial charge is 0.262 e. The fourth-order valence-electron chi connectivity index (χ4n) is 2.74. The van der Waals surface area contributed by atoms with Crippen LogP contribution in [0.1, 0.15) is 18.4 Å². The Kier molecular flexibility index (Phi) is 4.88. The Morgan fingerprint density at radius 1 is 1.28 bits per heavy atom. The van der Waals surface area contributed by atoms with E-state index in [9.17, 15) is 14.7 Å². The van der Waals surface area contributed by atoms with Crippen molar-refractivity contribution in [1.82, 2.24) is 0 Å². The van der Waals surface area contributed by atoms with Crippen LogP contribution in [-0.4, -0.2) is 30.1 Å². The molecule has 0 bridgehead atoms. The van der Waals surface area contributed by atoms with E-state index in [0.717, 1.165) is 17.7 Å². The third-order valence-corrected chi connectivity index (χ3v) is 4.00. The molecule has 3 rings (SSSR count). The van der Waals surface area contributed by atoms with Gasteiger partial charge in [-0.3, -0.25) is 9.59 Å². The van der Waals surface area contributed by atoms with E-state index in [1.165, 1.54) is 0 Å². The van der Waals surface area contributed by atoms with Gasteiger partial charge in [-0.05, 0) is 43.2 Å². The number of nitrogens with one attached hydrogen (secondary N) is 1. The predicted molar refractivity (Wildman–Crippen MR) is 95.0 cm³/mol. The molecule has 1 aliphatic rings. The summed E-state index contributed by atoms with van der Waals surface area (Å²) < 4.78 is 5.51. The highest BCUT2D eigenvalue weighted by Gasteiger charge is 2.21. The number of benzene rings is 2. The maximum absolute atomic E-state index is 12.0. The molecule has 1 fully saturated rings. The van der Waals surface area contributed by atoms with Gasteiger partial charge in [-0.25, -0.2) is 0 Å². The molecule has 1 aliphatic heterocycles. The molecule has 0 saturated carbocycles. The van der Waals surface area contributed by atoms with Crippen molar-refractivity contribution in [1.29, 1.82) is 0 Å². The summed E-state index contributed by atoms with van der Waals surface area (Å²) in [6.45, 7) is 2.37. The van der Waals surface area contributed by atoms with E-state index in [1.807, 2.05) is 13.0 Å². The van der Waals surface area contributed by atoms with Crippen molar-refractivity contribution in [3.05, 3.63) is 48.0 Å². The summed E-state index contributed by atoms with van der Waals surface area (Å²) in [5.41, 5.74) is 2.02. The fraction of sp³-hybridized carbons (Fsp3) is 0.263. The molecule has 2 amide bonds. The number of rotatable bonds is 5. The van der Waals surface area contributed by atoms with Crippen LogP contribution in [0.2, 0.25) is 0 Å². The van der Waals surface area contributed by atoms with Gasteiger partial charge < -0.3 is 20.1 Å². The zero-order chi connectivity index (χ0) is 17.8. The van der Waals surface area contributed by atoms with Crippen LogP contribution in [-0.2, 0) is 9.59 Å². The quantitative estimate of drug-likeness (QED) is 0.821. The van der Waals surface area contributed by atoms with Gasteiger partial charge in [-0.2, -0.15) is 0 Å². The van der Waals surface area contributed by atoms with E-state index in [2.05, 4.69) is 5.32 Å². The van der Waals surface area contributed by atoms with Crippen molar-refractivity contribution in [3.63, 3.8) is 0 Å². The molecular weight excluding hydrogens is 320 g/mol. The monoisotopic (exact) mass is 340 g/mol. The standard InChI is InChI=1S/C19H20N2O4/c1-13-7-8-16(17(22)10-13)20-18(23)12-25-15-5-2-4-14(11-15)21-9-3-6-19(21)24/h2,4-5,7-8,10-11,22H,3,6,9,12H2,1H3,(H,20,23). The molecule has 0 aliphatic carbocycles. The molecule has 0 spiro atoms. The summed E-state index contributed by atoms with van der Waals surface area (Å²) in [5.74, 6) is 0.259. The third-order valence-electron chi connectivity index (χ3n) is 4.00. The number of phenols is 1. The number of ether oxygens (including phenoxy) is 1. The van der Waals surface area contributed by atoms with E-state index in [4.69, 9.17) is 4.74 Å². The van der Waals surface area contributed by atoms with Gasteiger partial charge in [0.25, 0.3) is 5.91 Å². The second-order valence-corrected chi connectivity index (χ2v) is 6.00. The summed E-state index contributed by atoms with van der Waals surface area (Å²) in [7, 11) is 0. The fourth-order valence-corrected chi connectivity index (χ4v) is 2.74. The number of aromatic hydroxyl groups is 1. The van der Waals surface area contributed by atoms with Crippen LogP contribution in [0, 0.1) is 6.92 Å². The maximum atomic E-state index is 12.0. The molecule has 1 heterocycles. The Labute approximate surface area is 146 Å². The first-order valence-corrected chi connectivity index (χ1v) is 8.15. The molecule has 0 radical (unpaired) electrons. The Balaban J connectivity index is 1.59. The molecule has 6 nitrogen and oxygen atoms in total. The highest BCUT2D eigenvalue weighted by atomic mass is 16.5. The Morgan fingerprint density at radius 3 is 2.84 bits per heavy atom. The number of hydrogen-bond donors (Lipinski definition) is 2. The summed E-state index contributed by atoms with van der Waals surface area (Å²) in [5, 5.41) is 12.4. The number of phenolic OH excluding ortho intramolecular Hbond substituents is 1. The number of aryl methyl sites for hydroxylation is 1. The second kappa shape index (κ2) is 7.25. The molecule has 6 heteroatoms. The first-order chi connectivity index (χ1) is 12.0. The van der Waals surface area contributed by atoms with E-state index >= 15 is 0 Å². The van der Waals surface area contributed by atoms with E-state index in [-0.39, 0.29) is 24.2 Å². The molecule has 2 aromatic carbocycles. The first kappa shape index (κ1) is 16.8. The molecule has 2 N–H and O–H groups in total. The van der Waals surface area contributed by atoms with E-state index in [1.54, 1.807) is 41.3 Å². The Bertz CT molecular complexity index is 804. The molecule has 0 atom stereocenters. The highest BCUT2D eigenvalue weighted by Crippen LogP contribution is 2.26.